The molecule has 1 aliphatic rings. The average molecular weight is 271 g/mol. The van der Waals surface area contributed by atoms with E-state index in [0.29, 0.717) is 5.92 Å². The number of hydrogen-bond acceptors (Lipinski definition) is 2. The monoisotopic (exact) mass is 270 g/mol. The van der Waals surface area contributed by atoms with Gasteiger partial charge >= 0.3 is 0 Å². The Kier molecular flexibility index (Phi) is 3.19. The predicted molar refractivity (Wildman–Crippen MR) is 64.2 cm³/mol. The van der Waals surface area contributed by atoms with E-state index in [2.05, 4.69) is 22.0 Å². The molecule has 0 aliphatic heterocycles. The fourth-order valence-electron chi connectivity index (χ4n) is 2.00. The van der Waals surface area contributed by atoms with E-state index in [9.17, 15) is 0 Å². The first-order chi connectivity index (χ1) is 7.31. The largest absolute Gasteiger partial charge is 0.493 e. The lowest BCUT2D eigenvalue weighted by atomic mass is 10.1. The van der Waals surface area contributed by atoms with Gasteiger partial charge in [0.2, 0.25) is 0 Å². The Hall–Kier alpha value is -0.700. The number of alkyl halides is 1. The van der Waals surface area contributed by atoms with Gasteiger partial charge in [-0.3, -0.25) is 0 Å². The number of halogens is 1. The van der Waals surface area contributed by atoms with Gasteiger partial charge in [0.25, 0.3) is 0 Å². The summed E-state index contributed by atoms with van der Waals surface area (Å²) in [6.07, 6.45) is 1.24. The van der Waals surface area contributed by atoms with Crippen molar-refractivity contribution < 1.29 is 9.47 Å². The van der Waals surface area contributed by atoms with E-state index in [1.807, 2.05) is 12.1 Å². The molecule has 0 amide bonds. The van der Waals surface area contributed by atoms with Crippen molar-refractivity contribution in [2.24, 2.45) is 5.92 Å². The van der Waals surface area contributed by atoms with Crippen molar-refractivity contribution in [1.82, 2.24) is 0 Å². The summed E-state index contributed by atoms with van der Waals surface area (Å²) in [5.74, 6) is 3.11. The summed E-state index contributed by atoms with van der Waals surface area (Å²) in [6, 6.07) is 6.10. The average Bonchev–Trinajstić information content (AvgIpc) is 3.07. The van der Waals surface area contributed by atoms with Crippen LogP contribution in [0, 0.1) is 5.92 Å². The minimum atomic E-state index is 0.634. The molecule has 3 heteroatoms. The van der Waals surface area contributed by atoms with E-state index in [1.165, 1.54) is 12.0 Å². The van der Waals surface area contributed by atoms with Crippen LogP contribution in [0.15, 0.2) is 18.2 Å². The third-order valence-corrected chi connectivity index (χ3v) is 3.79. The van der Waals surface area contributed by atoms with Crippen LogP contribution < -0.4 is 9.47 Å². The van der Waals surface area contributed by atoms with Gasteiger partial charge in [0, 0.05) is 10.9 Å². The summed E-state index contributed by atoms with van der Waals surface area (Å²) >= 11 is 3.52. The Morgan fingerprint density at radius 3 is 2.67 bits per heavy atom. The predicted octanol–water partition coefficient (Wildman–Crippen LogP) is 3.20. The highest BCUT2D eigenvalue weighted by Gasteiger charge is 2.39. The van der Waals surface area contributed by atoms with E-state index in [1.54, 1.807) is 14.2 Å². The zero-order valence-electron chi connectivity index (χ0n) is 9.00. The van der Waals surface area contributed by atoms with Gasteiger partial charge in [-0.2, -0.15) is 0 Å². The fraction of sp³-hybridized carbons (Fsp3) is 0.500. The van der Waals surface area contributed by atoms with Gasteiger partial charge in [-0.05, 0) is 24.3 Å². The summed E-state index contributed by atoms with van der Waals surface area (Å²) in [4.78, 5) is 0. The molecule has 82 valence electrons. The molecule has 0 spiro atoms. The number of hydrogen-bond donors (Lipinski definition) is 0. The zero-order valence-corrected chi connectivity index (χ0v) is 10.6. The summed E-state index contributed by atoms with van der Waals surface area (Å²) in [5, 5.41) is 1.07. The summed E-state index contributed by atoms with van der Waals surface area (Å²) < 4.78 is 10.7. The van der Waals surface area contributed by atoms with E-state index in [4.69, 9.17) is 9.47 Å². The van der Waals surface area contributed by atoms with Gasteiger partial charge in [-0.15, -0.1) is 0 Å². The van der Waals surface area contributed by atoms with Crippen LogP contribution >= 0.6 is 15.9 Å². The quantitative estimate of drug-likeness (QED) is 0.783. The van der Waals surface area contributed by atoms with E-state index in [0.717, 1.165) is 22.7 Å². The summed E-state index contributed by atoms with van der Waals surface area (Å²) in [6.45, 7) is 0. The van der Waals surface area contributed by atoms with E-state index >= 15 is 0 Å². The third kappa shape index (κ3) is 1.98. The van der Waals surface area contributed by atoms with Crippen LogP contribution in [0.3, 0.4) is 0 Å². The van der Waals surface area contributed by atoms with Gasteiger partial charge in [0.05, 0.1) is 14.2 Å². The van der Waals surface area contributed by atoms with Crippen molar-refractivity contribution in [1.29, 1.82) is 0 Å². The van der Waals surface area contributed by atoms with E-state index in [-0.39, 0.29) is 0 Å². The minimum absolute atomic E-state index is 0.634. The second-order valence-electron chi connectivity index (χ2n) is 3.84. The highest BCUT2D eigenvalue weighted by Crippen LogP contribution is 2.52. The molecule has 1 saturated carbocycles. The molecule has 15 heavy (non-hydrogen) atoms. The molecule has 1 aliphatic carbocycles. The first kappa shape index (κ1) is 10.8. The molecule has 1 aromatic rings. The topological polar surface area (TPSA) is 18.5 Å². The SMILES string of the molecule is COc1cccc(C2CC2CBr)c1OC. The highest BCUT2D eigenvalue weighted by atomic mass is 79.9. The number of rotatable bonds is 4. The molecule has 0 N–H and O–H groups in total. The van der Waals surface area contributed by atoms with Crippen LogP contribution in [0.25, 0.3) is 0 Å². The lowest BCUT2D eigenvalue weighted by Crippen LogP contribution is -1.95. The van der Waals surface area contributed by atoms with Crippen LogP contribution in [0.1, 0.15) is 17.9 Å². The van der Waals surface area contributed by atoms with E-state index < -0.39 is 0 Å². The second kappa shape index (κ2) is 4.44. The van der Waals surface area contributed by atoms with Crippen LogP contribution in [0.4, 0.5) is 0 Å². The Morgan fingerprint density at radius 1 is 1.33 bits per heavy atom. The standard InChI is InChI=1S/C12H15BrO2/c1-14-11-5-3-4-9(12(11)15-2)10-6-8(10)7-13/h3-5,8,10H,6-7H2,1-2H3. The van der Waals surface area contributed by atoms with Crippen molar-refractivity contribution in [3.63, 3.8) is 0 Å². The van der Waals surface area contributed by atoms with Crippen molar-refractivity contribution in [3.05, 3.63) is 23.8 Å². The summed E-state index contributed by atoms with van der Waals surface area (Å²) in [5.41, 5.74) is 1.28. The maximum atomic E-state index is 5.42. The van der Waals surface area contributed by atoms with Crippen molar-refractivity contribution in [2.45, 2.75) is 12.3 Å². The zero-order chi connectivity index (χ0) is 10.8. The molecular formula is C12H15BrO2. The van der Waals surface area contributed by atoms with Crippen LogP contribution in [0.5, 0.6) is 11.5 Å². The Morgan fingerprint density at radius 2 is 2.13 bits per heavy atom. The first-order valence-electron chi connectivity index (χ1n) is 5.08. The molecule has 1 aromatic carbocycles. The molecule has 2 rings (SSSR count). The molecule has 0 bridgehead atoms. The molecule has 0 radical (unpaired) electrons. The normalized spacial score (nSPS) is 23.7. The van der Waals surface area contributed by atoms with Crippen LogP contribution in [-0.2, 0) is 0 Å². The Labute approximate surface area is 98.7 Å². The number of benzene rings is 1. The molecular weight excluding hydrogens is 256 g/mol. The second-order valence-corrected chi connectivity index (χ2v) is 4.49. The Bertz CT molecular complexity index is 351. The fourth-order valence-corrected chi connectivity index (χ4v) is 2.72. The molecule has 1 fully saturated rings. The van der Waals surface area contributed by atoms with Gasteiger partial charge in [0.15, 0.2) is 11.5 Å². The molecule has 0 saturated heterocycles. The van der Waals surface area contributed by atoms with Crippen molar-refractivity contribution >= 4 is 15.9 Å². The molecule has 2 atom stereocenters. The van der Waals surface area contributed by atoms with Crippen molar-refractivity contribution in [3.8, 4) is 11.5 Å². The number of methoxy groups -OCH3 is 2. The number of ether oxygens (including phenoxy) is 2. The lowest BCUT2D eigenvalue weighted by Gasteiger charge is -2.12. The highest BCUT2D eigenvalue weighted by molar-refractivity contribution is 9.09. The molecule has 2 unspecified atom stereocenters. The summed E-state index contributed by atoms with van der Waals surface area (Å²) in [7, 11) is 3.38. The van der Waals surface area contributed by atoms with Crippen molar-refractivity contribution in [2.75, 3.05) is 19.5 Å². The van der Waals surface area contributed by atoms with Crippen LogP contribution in [-0.4, -0.2) is 19.5 Å². The smallest absolute Gasteiger partial charge is 0.164 e. The van der Waals surface area contributed by atoms with Gasteiger partial charge < -0.3 is 9.47 Å². The van der Waals surface area contributed by atoms with Gasteiger partial charge in [-0.25, -0.2) is 0 Å². The minimum Gasteiger partial charge on any atom is -0.493 e. The molecule has 0 aromatic heterocycles. The van der Waals surface area contributed by atoms with Gasteiger partial charge in [0.1, 0.15) is 0 Å². The third-order valence-electron chi connectivity index (χ3n) is 2.95. The Balaban J connectivity index is 2.31. The lowest BCUT2D eigenvalue weighted by molar-refractivity contribution is 0.351. The molecule has 0 heterocycles. The maximum absolute atomic E-state index is 5.42. The van der Waals surface area contributed by atoms with Gasteiger partial charge in [-0.1, -0.05) is 28.1 Å². The number of para-hydroxylation sites is 1. The maximum Gasteiger partial charge on any atom is 0.164 e. The first-order valence-corrected chi connectivity index (χ1v) is 6.20. The molecule has 2 nitrogen and oxygen atoms in total. The van der Waals surface area contributed by atoms with Crippen LogP contribution in [0.2, 0.25) is 0 Å².